The normalized spacial score (nSPS) is 11.4. The number of hydrogen-bond donors (Lipinski definition) is 1. The number of hydrogen-bond acceptors (Lipinski definition) is 6. The SMILES string of the molecule is COc1cccc(C(C)=NNC(=O)CSc2nc3ccccc3c(=O)n2-c2ccc(Br)cc2)c1. The van der Waals surface area contributed by atoms with Gasteiger partial charge in [0.15, 0.2) is 5.16 Å². The van der Waals surface area contributed by atoms with Crippen LogP contribution in [-0.2, 0) is 4.79 Å². The first-order valence-corrected chi connectivity index (χ1v) is 12.1. The number of methoxy groups -OCH3 is 1. The zero-order valence-electron chi connectivity index (χ0n) is 18.5. The smallest absolute Gasteiger partial charge is 0.266 e. The number of carbonyl (C=O) groups is 1. The van der Waals surface area contributed by atoms with Gasteiger partial charge in [-0.05, 0) is 55.5 Å². The van der Waals surface area contributed by atoms with E-state index in [1.54, 1.807) is 32.2 Å². The summed E-state index contributed by atoms with van der Waals surface area (Å²) in [5, 5.41) is 5.13. The molecule has 4 rings (SSSR count). The monoisotopic (exact) mass is 536 g/mol. The van der Waals surface area contributed by atoms with E-state index < -0.39 is 0 Å². The van der Waals surface area contributed by atoms with Crippen molar-refractivity contribution in [1.29, 1.82) is 0 Å². The molecule has 0 bridgehead atoms. The lowest BCUT2D eigenvalue weighted by Gasteiger charge is -2.13. The molecule has 1 amide bonds. The number of nitrogens with zero attached hydrogens (tertiary/aromatic N) is 3. The summed E-state index contributed by atoms with van der Waals surface area (Å²) in [6, 6.07) is 22.0. The average Bonchev–Trinajstić information content (AvgIpc) is 2.87. The number of benzene rings is 3. The molecule has 0 aliphatic heterocycles. The Balaban J connectivity index is 1.56. The van der Waals surface area contributed by atoms with Gasteiger partial charge in [-0.15, -0.1) is 0 Å². The Morgan fingerprint density at radius 2 is 1.88 bits per heavy atom. The van der Waals surface area contributed by atoms with Crippen molar-refractivity contribution in [3.8, 4) is 11.4 Å². The standard InChI is InChI=1S/C25H21BrN4O3S/c1-16(17-6-5-7-20(14-17)33-2)28-29-23(31)15-34-25-27-22-9-4-3-8-21(22)24(32)30(25)19-12-10-18(26)11-13-19/h3-14H,15H2,1-2H3,(H,29,31). The fourth-order valence-corrected chi connectivity index (χ4v) is 4.32. The highest BCUT2D eigenvalue weighted by Gasteiger charge is 2.15. The Kier molecular flexibility index (Phi) is 7.44. The number of fused-ring (bicyclic) bond motifs is 1. The van der Waals surface area contributed by atoms with E-state index in [9.17, 15) is 9.59 Å². The zero-order chi connectivity index (χ0) is 24.1. The van der Waals surface area contributed by atoms with Gasteiger partial charge in [0.2, 0.25) is 0 Å². The highest BCUT2D eigenvalue weighted by atomic mass is 79.9. The van der Waals surface area contributed by atoms with Crippen LogP contribution in [0.15, 0.2) is 92.3 Å². The lowest BCUT2D eigenvalue weighted by molar-refractivity contribution is -0.118. The minimum absolute atomic E-state index is 0.0379. The lowest BCUT2D eigenvalue weighted by Crippen LogP contribution is -2.24. The fraction of sp³-hybridized carbons (Fsp3) is 0.120. The molecule has 0 atom stereocenters. The molecule has 9 heteroatoms. The van der Waals surface area contributed by atoms with Crippen LogP contribution in [0, 0.1) is 0 Å². The van der Waals surface area contributed by atoms with E-state index in [0.717, 1.165) is 10.0 Å². The largest absolute Gasteiger partial charge is 0.497 e. The number of carbonyl (C=O) groups excluding carboxylic acids is 1. The summed E-state index contributed by atoms with van der Waals surface area (Å²) in [7, 11) is 1.60. The molecule has 7 nitrogen and oxygen atoms in total. The second-order valence-electron chi connectivity index (χ2n) is 7.28. The van der Waals surface area contributed by atoms with Crippen LogP contribution in [0.1, 0.15) is 12.5 Å². The first kappa shape index (κ1) is 23.7. The molecule has 172 valence electrons. The van der Waals surface area contributed by atoms with E-state index >= 15 is 0 Å². The van der Waals surface area contributed by atoms with Crippen LogP contribution in [0.3, 0.4) is 0 Å². The summed E-state index contributed by atoms with van der Waals surface area (Å²) in [5.74, 6) is 0.440. The second kappa shape index (κ2) is 10.7. The summed E-state index contributed by atoms with van der Waals surface area (Å²) in [4.78, 5) is 30.5. The Morgan fingerprint density at radius 1 is 1.12 bits per heavy atom. The van der Waals surface area contributed by atoms with Crippen LogP contribution in [0.25, 0.3) is 16.6 Å². The minimum Gasteiger partial charge on any atom is -0.497 e. The maximum atomic E-state index is 13.3. The van der Waals surface area contributed by atoms with Crippen LogP contribution >= 0.6 is 27.7 Å². The number of para-hydroxylation sites is 1. The van der Waals surface area contributed by atoms with Crippen molar-refractivity contribution in [1.82, 2.24) is 15.0 Å². The quantitative estimate of drug-likeness (QED) is 0.159. The van der Waals surface area contributed by atoms with Crippen molar-refractivity contribution in [2.75, 3.05) is 12.9 Å². The van der Waals surface area contributed by atoms with Crippen LogP contribution in [0.4, 0.5) is 0 Å². The number of halogens is 1. The average molecular weight is 537 g/mol. The van der Waals surface area contributed by atoms with Gasteiger partial charge >= 0.3 is 0 Å². The van der Waals surface area contributed by atoms with Gasteiger partial charge in [0, 0.05) is 10.0 Å². The second-order valence-corrected chi connectivity index (χ2v) is 9.14. The van der Waals surface area contributed by atoms with E-state index in [1.165, 1.54) is 16.3 Å². The molecule has 3 aromatic carbocycles. The summed E-state index contributed by atoms with van der Waals surface area (Å²) in [5.41, 5.74) is 5.11. The topological polar surface area (TPSA) is 85.6 Å². The maximum Gasteiger partial charge on any atom is 0.266 e. The summed E-state index contributed by atoms with van der Waals surface area (Å²) in [6.07, 6.45) is 0. The van der Waals surface area contributed by atoms with Gasteiger partial charge in [-0.3, -0.25) is 14.2 Å². The number of nitrogens with one attached hydrogen (secondary N) is 1. The summed E-state index contributed by atoms with van der Waals surface area (Å²) < 4.78 is 7.65. The van der Waals surface area contributed by atoms with Crippen LogP contribution in [0.2, 0.25) is 0 Å². The summed E-state index contributed by atoms with van der Waals surface area (Å²) in [6.45, 7) is 1.80. The minimum atomic E-state index is -0.308. The number of hydrazone groups is 1. The Hall–Kier alpha value is -3.43. The number of rotatable bonds is 7. The molecule has 0 aliphatic carbocycles. The number of amides is 1. The first-order chi connectivity index (χ1) is 16.5. The molecule has 4 aromatic rings. The predicted octanol–water partition coefficient (Wildman–Crippen LogP) is 4.79. The number of aromatic nitrogens is 2. The van der Waals surface area contributed by atoms with Crippen LogP contribution in [0.5, 0.6) is 5.75 Å². The molecule has 1 N–H and O–H groups in total. The van der Waals surface area contributed by atoms with Crippen molar-refractivity contribution in [2.45, 2.75) is 12.1 Å². The van der Waals surface area contributed by atoms with Gasteiger partial charge in [0.1, 0.15) is 5.75 Å². The van der Waals surface area contributed by atoms with Crippen molar-refractivity contribution in [3.05, 3.63) is 93.2 Å². The van der Waals surface area contributed by atoms with Crippen molar-refractivity contribution < 1.29 is 9.53 Å². The Morgan fingerprint density at radius 3 is 2.65 bits per heavy atom. The summed E-state index contributed by atoms with van der Waals surface area (Å²) >= 11 is 4.59. The van der Waals surface area contributed by atoms with Gasteiger partial charge in [-0.2, -0.15) is 5.10 Å². The third-order valence-electron chi connectivity index (χ3n) is 5.00. The van der Waals surface area contributed by atoms with Gasteiger partial charge in [0.25, 0.3) is 11.5 Å². The molecule has 0 saturated carbocycles. The molecule has 0 fully saturated rings. The van der Waals surface area contributed by atoms with E-state index in [2.05, 4.69) is 31.4 Å². The molecule has 1 heterocycles. The van der Waals surface area contributed by atoms with Crippen LogP contribution in [-0.4, -0.2) is 34.0 Å². The molecule has 0 radical (unpaired) electrons. The third-order valence-corrected chi connectivity index (χ3v) is 6.47. The van der Waals surface area contributed by atoms with Gasteiger partial charge in [-0.1, -0.05) is 52.0 Å². The highest BCUT2D eigenvalue weighted by Crippen LogP contribution is 2.22. The van der Waals surface area contributed by atoms with Gasteiger partial charge < -0.3 is 4.74 Å². The number of thioether (sulfide) groups is 1. The van der Waals surface area contributed by atoms with Crippen molar-refractivity contribution in [2.24, 2.45) is 5.10 Å². The van der Waals surface area contributed by atoms with E-state index in [0.29, 0.717) is 33.2 Å². The molecule has 0 unspecified atom stereocenters. The van der Waals surface area contributed by atoms with Gasteiger partial charge in [0.05, 0.1) is 35.2 Å². The Bertz CT molecular complexity index is 1430. The fourth-order valence-electron chi connectivity index (χ4n) is 3.25. The predicted molar refractivity (Wildman–Crippen MR) is 139 cm³/mol. The molecule has 0 saturated heterocycles. The van der Waals surface area contributed by atoms with Gasteiger partial charge in [-0.25, -0.2) is 10.4 Å². The molecule has 1 aromatic heterocycles. The van der Waals surface area contributed by atoms with E-state index in [4.69, 9.17) is 4.74 Å². The van der Waals surface area contributed by atoms with Crippen molar-refractivity contribution >= 4 is 50.2 Å². The number of ether oxygens (including phenoxy) is 1. The maximum absolute atomic E-state index is 13.3. The zero-order valence-corrected chi connectivity index (χ0v) is 20.9. The van der Waals surface area contributed by atoms with Crippen LogP contribution < -0.4 is 15.7 Å². The molecule has 34 heavy (non-hydrogen) atoms. The molecule has 0 spiro atoms. The molecule has 0 aliphatic rings. The Labute approximate surface area is 209 Å². The van der Waals surface area contributed by atoms with Crippen molar-refractivity contribution in [3.63, 3.8) is 0 Å². The third kappa shape index (κ3) is 5.37. The van der Waals surface area contributed by atoms with E-state index in [-0.39, 0.29) is 17.2 Å². The first-order valence-electron chi connectivity index (χ1n) is 10.3. The lowest BCUT2D eigenvalue weighted by atomic mass is 10.1. The van der Waals surface area contributed by atoms with E-state index in [1.807, 2.05) is 54.6 Å². The molecular formula is C25H21BrN4O3S. The highest BCUT2D eigenvalue weighted by molar-refractivity contribution is 9.10. The molecular weight excluding hydrogens is 516 g/mol.